The number of terminal acetylenes is 1. The van der Waals surface area contributed by atoms with Gasteiger partial charge in [0.25, 0.3) is 0 Å². The Morgan fingerprint density at radius 3 is 2.58 bits per heavy atom. The molecule has 6 nitrogen and oxygen atoms in total. The smallest absolute Gasteiger partial charge is 0.354 e. The highest BCUT2D eigenvalue weighted by Gasteiger charge is 2.32. The summed E-state index contributed by atoms with van der Waals surface area (Å²) in [5, 5.41) is 0.709. The van der Waals surface area contributed by atoms with Crippen molar-refractivity contribution in [1.82, 2.24) is 14.5 Å². The van der Waals surface area contributed by atoms with Crippen molar-refractivity contribution in [3.63, 3.8) is 0 Å². The van der Waals surface area contributed by atoms with Crippen molar-refractivity contribution in [3.05, 3.63) is 76.7 Å². The van der Waals surface area contributed by atoms with Gasteiger partial charge in [-0.3, -0.25) is 9.93 Å². The molecule has 0 saturated heterocycles. The van der Waals surface area contributed by atoms with Crippen LogP contribution in [0.25, 0.3) is 11.0 Å². The highest BCUT2D eigenvalue weighted by Crippen LogP contribution is 2.29. The molecule has 0 spiro atoms. The molecule has 0 fully saturated rings. The second kappa shape index (κ2) is 13.5. The van der Waals surface area contributed by atoms with Crippen LogP contribution in [0, 0.1) is 18.3 Å². The van der Waals surface area contributed by atoms with Crippen LogP contribution in [0.2, 0.25) is 0 Å². The fraction of sp³-hybridized carbons (Fsp3) is 0.321. The Kier molecular flexibility index (Phi) is 10.7. The lowest BCUT2D eigenvalue weighted by Gasteiger charge is -2.21. The number of halogens is 2. The molecular formula is C28H31ClFN3O3. The molecule has 0 bridgehead atoms. The topological polar surface area (TPSA) is 66.2 Å². The van der Waals surface area contributed by atoms with Crippen LogP contribution in [0.4, 0.5) is 4.53 Å². The maximum Gasteiger partial charge on any atom is 0.354 e. The van der Waals surface area contributed by atoms with E-state index in [9.17, 15) is 9.32 Å². The summed E-state index contributed by atoms with van der Waals surface area (Å²) in [5.74, 6) is -0.432. The van der Waals surface area contributed by atoms with Crippen LogP contribution in [-0.2, 0) is 29.3 Å². The van der Waals surface area contributed by atoms with Crippen molar-refractivity contribution < 1.29 is 19.0 Å². The summed E-state index contributed by atoms with van der Waals surface area (Å²) in [5.41, 5.74) is 3.41. The molecule has 8 heteroatoms. The van der Waals surface area contributed by atoms with E-state index in [0.717, 1.165) is 34.4 Å². The van der Waals surface area contributed by atoms with Crippen molar-refractivity contribution in [2.75, 3.05) is 0 Å². The maximum atomic E-state index is 12.7. The first-order chi connectivity index (χ1) is 17.2. The van der Waals surface area contributed by atoms with Gasteiger partial charge >= 0.3 is 5.97 Å². The number of aromatic nitrogens is 3. The number of rotatable bonds is 10. The number of aryl methyl sites for hydroxylation is 1. The van der Waals surface area contributed by atoms with Gasteiger partial charge in [0, 0.05) is 40.5 Å². The number of ether oxygens (including phenoxy) is 1. The molecule has 3 heterocycles. The largest absolute Gasteiger partial charge is 0.471 e. The Balaban J connectivity index is 0.00000222. The van der Waals surface area contributed by atoms with Crippen molar-refractivity contribution in [2.45, 2.75) is 53.7 Å². The van der Waals surface area contributed by atoms with Crippen LogP contribution >= 0.6 is 11.6 Å². The summed E-state index contributed by atoms with van der Waals surface area (Å²) in [6.45, 7) is 8.14. The monoisotopic (exact) mass is 511 g/mol. The maximum absolute atomic E-state index is 12.7. The van der Waals surface area contributed by atoms with Gasteiger partial charge in [0.05, 0.1) is 22.1 Å². The zero-order chi connectivity index (χ0) is 26.7. The van der Waals surface area contributed by atoms with E-state index in [2.05, 4.69) is 32.3 Å². The van der Waals surface area contributed by atoms with E-state index in [1.807, 2.05) is 62.4 Å². The molecule has 0 saturated carbocycles. The fourth-order valence-corrected chi connectivity index (χ4v) is 3.62. The minimum absolute atomic E-state index is 0.291. The number of hydrogen-bond donors (Lipinski definition) is 0. The average Bonchev–Trinajstić information content (AvgIpc) is 3.21. The fourth-order valence-electron chi connectivity index (χ4n) is 3.55. The van der Waals surface area contributed by atoms with Crippen LogP contribution in [0.1, 0.15) is 45.5 Å². The Bertz CT molecular complexity index is 1240. The molecule has 0 aliphatic heterocycles. The number of pyridine rings is 2. The normalized spacial score (nSPS) is 12.1. The number of allylic oxidation sites excluding steroid dienone is 4. The second-order valence-corrected chi connectivity index (χ2v) is 9.49. The van der Waals surface area contributed by atoms with E-state index >= 15 is 0 Å². The molecule has 0 aliphatic rings. The van der Waals surface area contributed by atoms with E-state index < -0.39 is 11.4 Å². The molecule has 0 amide bonds. The van der Waals surface area contributed by atoms with Crippen LogP contribution in [0.15, 0.2) is 65.4 Å². The quantitative estimate of drug-likeness (QED) is 0.223. The molecule has 0 aliphatic carbocycles. The molecule has 0 aromatic carbocycles. The van der Waals surface area contributed by atoms with Gasteiger partial charge in [-0.15, -0.1) is 12.8 Å². The van der Waals surface area contributed by atoms with E-state index in [4.69, 9.17) is 16.3 Å². The van der Waals surface area contributed by atoms with Crippen LogP contribution in [-0.4, -0.2) is 20.5 Å². The van der Waals surface area contributed by atoms with Gasteiger partial charge in [-0.2, -0.15) is 0 Å². The molecular weight excluding hydrogens is 481 g/mol. The van der Waals surface area contributed by atoms with E-state index in [1.165, 1.54) is 0 Å². The van der Waals surface area contributed by atoms with Crippen LogP contribution < -0.4 is 4.74 Å². The van der Waals surface area contributed by atoms with Crippen molar-refractivity contribution >= 4 is 28.6 Å². The first-order valence-electron chi connectivity index (χ1n) is 11.4. The molecule has 190 valence electrons. The van der Waals surface area contributed by atoms with Crippen molar-refractivity contribution in [3.8, 4) is 18.7 Å². The number of fused-ring (bicyclic) bond motifs is 1. The van der Waals surface area contributed by atoms with Gasteiger partial charge < -0.3 is 9.30 Å². The number of carbonyl (C=O) groups excluding carboxylic acids is 1. The third-order valence-corrected chi connectivity index (χ3v) is 5.61. The summed E-state index contributed by atoms with van der Waals surface area (Å²) in [7, 11) is 0. The first-order valence-corrected chi connectivity index (χ1v) is 11.7. The third kappa shape index (κ3) is 7.96. The molecule has 3 rings (SSSR count). The Morgan fingerprint density at radius 2 is 1.94 bits per heavy atom. The van der Waals surface area contributed by atoms with Crippen LogP contribution in [0.3, 0.4) is 0 Å². The average molecular weight is 512 g/mol. The summed E-state index contributed by atoms with van der Waals surface area (Å²) in [4.78, 5) is 24.4. The lowest BCUT2D eigenvalue weighted by atomic mass is 9.88. The first kappa shape index (κ1) is 28.6. The van der Waals surface area contributed by atoms with Gasteiger partial charge in [0.15, 0.2) is 0 Å². The Morgan fingerprint density at radius 1 is 1.19 bits per heavy atom. The zero-order valence-electron chi connectivity index (χ0n) is 21.0. The summed E-state index contributed by atoms with van der Waals surface area (Å²) >= 11 is 5.93. The predicted molar refractivity (Wildman–Crippen MR) is 141 cm³/mol. The van der Waals surface area contributed by atoms with Gasteiger partial charge in [-0.1, -0.05) is 29.3 Å². The van der Waals surface area contributed by atoms with Gasteiger partial charge in [-0.25, -0.2) is 9.78 Å². The highest BCUT2D eigenvalue weighted by molar-refractivity contribution is 6.29. The lowest BCUT2D eigenvalue weighted by molar-refractivity contribution is -0.194. The Labute approximate surface area is 216 Å². The van der Waals surface area contributed by atoms with Gasteiger partial charge in [-0.05, 0) is 64.5 Å². The molecule has 0 N–H and O–H groups in total. The van der Waals surface area contributed by atoms with Crippen LogP contribution in [0.5, 0.6) is 5.88 Å². The zero-order valence-corrected chi connectivity index (χ0v) is 21.8. The van der Waals surface area contributed by atoms with Crippen molar-refractivity contribution in [1.29, 1.82) is 0 Å². The number of hydrogen-bond acceptors (Lipinski definition) is 5. The highest BCUT2D eigenvalue weighted by atomic mass is 35.5. The SMILES string of the molecule is C#C.C/C(Cl)=C\C=C(/C)CCn1c(CC(C)(C)C(=O)OF)cc2nc(OCc3ccccn3)ccc21. The van der Waals surface area contributed by atoms with E-state index in [1.54, 1.807) is 20.0 Å². The third-order valence-electron chi connectivity index (χ3n) is 5.48. The summed E-state index contributed by atoms with van der Waals surface area (Å²) in [6.07, 6.45) is 14.6. The minimum atomic E-state index is -1.04. The molecule has 3 aromatic heterocycles. The van der Waals surface area contributed by atoms with Gasteiger partial charge in [0.2, 0.25) is 5.88 Å². The van der Waals surface area contributed by atoms with Gasteiger partial charge in [0.1, 0.15) is 6.61 Å². The molecule has 0 unspecified atom stereocenters. The Hall–Kier alpha value is -3.63. The molecule has 3 aromatic rings. The molecule has 36 heavy (non-hydrogen) atoms. The van der Waals surface area contributed by atoms with E-state index in [0.29, 0.717) is 30.5 Å². The van der Waals surface area contributed by atoms with E-state index in [-0.39, 0.29) is 0 Å². The summed E-state index contributed by atoms with van der Waals surface area (Å²) < 4.78 is 20.6. The minimum Gasteiger partial charge on any atom is -0.471 e. The predicted octanol–water partition coefficient (Wildman–Crippen LogP) is 6.74. The standard InChI is InChI=1S/C26H29ClFN3O3.C2H2/c1-18(8-9-19(2)27)12-14-31-21(16-26(3,4)25(32)34-28)15-22-23(31)10-11-24(30-22)33-17-20-7-5-6-13-29-20;1-2/h5-11,13,15H,12,14,16-17H2,1-4H3;1-2H/b18-8+,19-9+;. The molecule has 0 atom stereocenters. The van der Waals surface area contributed by atoms with Crippen molar-refractivity contribution in [2.24, 2.45) is 5.41 Å². The molecule has 0 radical (unpaired) electrons. The number of nitrogens with zero attached hydrogens (tertiary/aromatic N) is 3. The lowest BCUT2D eigenvalue weighted by Crippen LogP contribution is -2.28. The number of carbonyl (C=O) groups is 1. The summed E-state index contributed by atoms with van der Waals surface area (Å²) in [6, 6.07) is 11.3. The second-order valence-electron chi connectivity index (χ2n) is 8.89.